The van der Waals surface area contributed by atoms with Gasteiger partial charge in [0, 0.05) is 18.0 Å². The van der Waals surface area contributed by atoms with Gasteiger partial charge >= 0.3 is 0 Å². The summed E-state index contributed by atoms with van der Waals surface area (Å²) in [5.41, 5.74) is 2.16. The van der Waals surface area contributed by atoms with Gasteiger partial charge in [-0.3, -0.25) is 0 Å². The molecule has 7 rings (SSSR count). The van der Waals surface area contributed by atoms with Crippen LogP contribution in [0.4, 0.5) is 8.78 Å². The van der Waals surface area contributed by atoms with Crippen LogP contribution >= 0.6 is 0 Å². The van der Waals surface area contributed by atoms with Crippen LogP contribution in [0.25, 0.3) is 17.2 Å². The standard InChI is InChI=1S/C29H29F2N7O/c1-27(2)18-7-11-29(27,25-17(18)13-21(35-36-25)24-19(30)5-4-6-20(24)31)22-9-12-32-26(34-22)38-16-33-23(37-38)8-10-28(3)14-39-15-28/h4-6,9,12-13,16,18H,7-8,10-11,14-15H2,1-3H3/t18-,29+/m0/s1. The number of aryl methyl sites for hydroxylation is 1. The van der Waals surface area contributed by atoms with Gasteiger partial charge in [-0.15, -0.1) is 10.2 Å². The third-order valence-corrected chi connectivity index (χ3v) is 9.28. The van der Waals surface area contributed by atoms with Crippen molar-refractivity contribution >= 4 is 0 Å². The van der Waals surface area contributed by atoms with Crippen molar-refractivity contribution in [3.05, 3.63) is 77.3 Å². The van der Waals surface area contributed by atoms with Crippen LogP contribution in [-0.2, 0) is 16.6 Å². The minimum Gasteiger partial charge on any atom is -0.380 e. The third kappa shape index (κ3) is 3.50. The summed E-state index contributed by atoms with van der Waals surface area (Å²) in [6, 6.07) is 7.58. The van der Waals surface area contributed by atoms with E-state index in [1.807, 2.05) is 12.1 Å². The molecule has 1 saturated carbocycles. The number of halogens is 2. The molecule has 2 bridgehead atoms. The molecule has 1 aliphatic heterocycles. The van der Waals surface area contributed by atoms with E-state index in [1.165, 1.54) is 18.2 Å². The molecule has 0 spiro atoms. The maximum absolute atomic E-state index is 14.6. The molecular formula is C29H29F2N7O. The molecule has 0 radical (unpaired) electrons. The minimum absolute atomic E-state index is 0.146. The zero-order chi connectivity index (χ0) is 27.0. The van der Waals surface area contributed by atoms with E-state index in [-0.39, 0.29) is 28.0 Å². The van der Waals surface area contributed by atoms with Gasteiger partial charge in [0.15, 0.2) is 5.82 Å². The molecule has 2 aliphatic carbocycles. The van der Waals surface area contributed by atoms with Crippen molar-refractivity contribution < 1.29 is 13.5 Å². The van der Waals surface area contributed by atoms with Gasteiger partial charge in [0.25, 0.3) is 5.95 Å². The van der Waals surface area contributed by atoms with Gasteiger partial charge in [0.1, 0.15) is 18.0 Å². The fourth-order valence-electron chi connectivity index (χ4n) is 6.97. The first-order valence-corrected chi connectivity index (χ1v) is 13.4. The molecule has 0 N–H and O–H groups in total. The van der Waals surface area contributed by atoms with Gasteiger partial charge < -0.3 is 4.74 Å². The molecule has 4 heterocycles. The lowest BCUT2D eigenvalue weighted by molar-refractivity contribution is -0.105. The number of ether oxygens (including phenoxy) is 1. The molecule has 2 fully saturated rings. The van der Waals surface area contributed by atoms with E-state index in [4.69, 9.17) is 9.72 Å². The summed E-state index contributed by atoms with van der Waals surface area (Å²) in [4.78, 5) is 14.0. The Morgan fingerprint density at radius 1 is 1.05 bits per heavy atom. The third-order valence-electron chi connectivity index (χ3n) is 9.28. The van der Waals surface area contributed by atoms with Crippen LogP contribution in [0.1, 0.15) is 68.7 Å². The van der Waals surface area contributed by atoms with Crippen molar-refractivity contribution in [1.29, 1.82) is 0 Å². The average molecular weight is 530 g/mol. The van der Waals surface area contributed by atoms with E-state index < -0.39 is 17.0 Å². The van der Waals surface area contributed by atoms with E-state index in [0.29, 0.717) is 5.95 Å². The van der Waals surface area contributed by atoms with Crippen LogP contribution in [-0.4, -0.2) is 48.1 Å². The fraction of sp³-hybridized carbons (Fsp3) is 0.448. The van der Waals surface area contributed by atoms with Crippen LogP contribution in [0.2, 0.25) is 0 Å². The highest BCUT2D eigenvalue weighted by molar-refractivity contribution is 5.64. The summed E-state index contributed by atoms with van der Waals surface area (Å²) in [6.07, 6.45) is 6.90. The number of fused-ring (bicyclic) bond motifs is 5. The van der Waals surface area contributed by atoms with Gasteiger partial charge in [-0.25, -0.2) is 23.7 Å². The Morgan fingerprint density at radius 2 is 1.85 bits per heavy atom. The van der Waals surface area contributed by atoms with Crippen LogP contribution in [0.15, 0.2) is 42.9 Å². The van der Waals surface area contributed by atoms with Gasteiger partial charge in [0.2, 0.25) is 0 Å². The zero-order valence-corrected chi connectivity index (χ0v) is 22.2. The summed E-state index contributed by atoms with van der Waals surface area (Å²) in [6.45, 7) is 8.21. The van der Waals surface area contributed by atoms with Gasteiger partial charge in [-0.05, 0) is 60.4 Å². The first-order valence-electron chi connectivity index (χ1n) is 13.4. The zero-order valence-electron chi connectivity index (χ0n) is 22.2. The molecule has 4 aromatic rings. The lowest BCUT2D eigenvalue weighted by Crippen LogP contribution is -2.40. The predicted octanol–water partition coefficient (Wildman–Crippen LogP) is 4.96. The molecule has 3 aliphatic rings. The van der Waals surface area contributed by atoms with E-state index in [2.05, 4.69) is 46.0 Å². The SMILES string of the molecule is CC1(CCc2ncn(-c3nccc([C@]45CC[C@@H](c6cc(-c7c(F)cccc7F)nnc64)C5(C)C)n3)n2)COC1. The highest BCUT2D eigenvalue weighted by Gasteiger charge is 2.65. The number of benzene rings is 1. The van der Waals surface area contributed by atoms with E-state index in [9.17, 15) is 8.78 Å². The van der Waals surface area contributed by atoms with Gasteiger partial charge in [-0.2, -0.15) is 9.78 Å². The summed E-state index contributed by atoms with van der Waals surface area (Å²) >= 11 is 0. The second kappa shape index (κ2) is 8.42. The van der Waals surface area contributed by atoms with Crippen molar-refractivity contribution in [1.82, 2.24) is 34.9 Å². The maximum atomic E-state index is 14.6. The van der Waals surface area contributed by atoms with Crippen LogP contribution in [0.5, 0.6) is 0 Å². The summed E-state index contributed by atoms with van der Waals surface area (Å²) in [5.74, 6) is 0.0594. The molecule has 8 nitrogen and oxygen atoms in total. The lowest BCUT2D eigenvalue weighted by Gasteiger charge is -2.37. The molecular weight excluding hydrogens is 500 g/mol. The average Bonchev–Trinajstić information content (AvgIpc) is 3.54. The fourth-order valence-corrected chi connectivity index (χ4v) is 6.97. The molecule has 0 unspecified atom stereocenters. The Labute approximate surface area is 224 Å². The molecule has 39 heavy (non-hydrogen) atoms. The van der Waals surface area contributed by atoms with Crippen LogP contribution in [0.3, 0.4) is 0 Å². The number of rotatable bonds is 6. The van der Waals surface area contributed by atoms with Gasteiger partial charge in [0.05, 0.1) is 41.3 Å². The number of nitrogens with zero attached hydrogens (tertiary/aromatic N) is 7. The Balaban J connectivity index is 1.25. The molecule has 1 saturated heterocycles. The number of hydrogen-bond donors (Lipinski definition) is 0. The topological polar surface area (TPSA) is 91.5 Å². The number of hydrogen-bond acceptors (Lipinski definition) is 7. The van der Waals surface area contributed by atoms with Crippen LogP contribution < -0.4 is 0 Å². The quantitative estimate of drug-likeness (QED) is 0.348. The van der Waals surface area contributed by atoms with Crippen molar-refractivity contribution in [2.45, 2.75) is 57.8 Å². The molecule has 10 heteroatoms. The molecule has 2 atom stereocenters. The Bertz CT molecular complexity index is 1580. The first kappa shape index (κ1) is 24.4. The molecule has 1 aromatic carbocycles. The Morgan fingerprint density at radius 3 is 2.59 bits per heavy atom. The summed E-state index contributed by atoms with van der Waals surface area (Å²) in [7, 11) is 0. The lowest BCUT2D eigenvalue weighted by atomic mass is 9.66. The Hall–Kier alpha value is -3.66. The molecule has 3 aromatic heterocycles. The number of aromatic nitrogens is 7. The largest absolute Gasteiger partial charge is 0.380 e. The van der Waals surface area contributed by atoms with Crippen LogP contribution in [0, 0.1) is 22.5 Å². The van der Waals surface area contributed by atoms with Gasteiger partial charge in [-0.1, -0.05) is 26.8 Å². The van der Waals surface area contributed by atoms with E-state index >= 15 is 0 Å². The van der Waals surface area contributed by atoms with Crippen molar-refractivity contribution in [2.24, 2.45) is 10.8 Å². The molecule has 200 valence electrons. The highest BCUT2D eigenvalue weighted by Crippen LogP contribution is 2.69. The smallest absolute Gasteiger partial charge is 0.252 e. The highest BCUT2D eigenvalue weighted by atomic mass is 19.1. The Kier molecular flexibility index (Phi) is 5.26. The van der Waals surface area contributed by atoms with Crippen molar-refractivity contribution in [2.75, 3.05) is 13.2 Å². The second-order valence-electron chi connectivity index (χ2n) is 12.0. The predicted molar refractivity (Wildman–Crippen MR) is 138 cm³/mol. The monoisotopic (exact) mass is 529 g/mol. The van der Waals surface area contributed by atoms with Crippen molar-refractivity contribution in [3.63, 3.8) is 0 Å². The molecule has 0 amide bonds. The normalized spacial score (nSPS) is 24.0. The van der Waals surface area contributed by atoms with Crippen molar-refractivity contribution in [3.8, 4) is 17.2 Å². The second-order valence-corrected chi connectivity index (χ2v) is 12.0. The van der Waals surface area contributed by atoms with E-state index in [0.717, 1.165) is 61.7 Å². The maximum Gasteiger partial charge on any atom is 0.252 e. The summed E-state index contributed by atoms with van der Waals surface area (Å²) in [5, 5.41) is 13.6. The summed E-state index contributed by atoms with van der Waals surface area (Å²) < 4.78 is 36.1. The van der Waals surface area contributed by atoms with E-state index in [1.54, 1.807) is 17.2 Å². The first-order chi connectivity index (χ1) is 18.7. The minimum atomic E-state index is -0.649.